The summed E-state index contributed by atoms with van der Waals surface area (Å²) in [6, 6.07) is 0. The number of rotatable bonds is 20. The van der Waals surface area contributed by atoms with Gasteiger partial charge in [0.25, 0.3) is 0 Å². The average Bonchev–Trinajstić information content (AvgIpc) is 2.57. The van der Waals surface area contributed by atoms with E-state index in [1.807, 2.05) is 0 Å². The fraction of sp³-hybridized carbons (Fsp3) is 1.00. The van der Waals surface area contributed by atoms with Crippen LogP contribution in [0.1, 0.15) is 129 Å². The Balaban J connectivity index is 0. The van der Waals surface area contributed by atoms with Gasteiger partial charge in [-0.15, -0.1) is 0 Å². The van der Waals surface area contributed by atoms with E-state index in [0.29, 0.717) is 0 Å². The summed E-state index contributed by atoms with van der Waals surface area (Å²) in [6.07, 6.45) is 26.6. The van der Waals surface area contributed by atoms with Gasteiger partial charge in [-0.2, -0.15) is 0 Å². The monoisotopic (exact) mass is 372 g/mol. The molecule has 144 valence electrons. The number of halogens is 1. The first-order valence-corrected chi connectivity index (χ1v) is 12.9. The Bertz CT molecular complexity index is 176. The first-order chi connectivity index (χ1) is 11.4. The minimum atomic E-state index is 0. The third-order valence-electron chi connectivity index (χ3n) is 5.02. The Kier molecular flexibility index (Phi) is 29.4. The van der Waals surface area contributed by atoms with Crippen LogP contribution in [0.4, 0.5) is 0 Å². The smallest absolute Gasteiger partial charge is 1.00 e. The molecule has 0 bridgehead atoms. The quantitative estimate of drug-likeness (QED) is 0.193. The van der Waals surface area contributed by atoms with Gasteiger partial charge < -0.3 is 12.4 Å². The van der Waals surface area contributed by atoms with Crippen molar-refractivity contribution in [2.75, 3.05) is 0 Å². The molecule has 0 nitrogen and oxygen atoms in total. The van der Waals surface area contributed by atoms with Gasteiger partial charge in [0, 0.05) is 0 Å². The number of hydrogen-bond donors (Lipinski definition) is 0. The van der Waals surface area contributed by atoms with Crippen molar-refractivity contribution < 1.29 is 12.4 Å². The third-order valence-corrected chi connectivity index (χ3v) is 6.66. The molecule has 0 aromatic heterocycles. The van der Waals surface area contributed by atoms with E-state index >= 15 is 0 Å². The predicted molar refractivity (Wildman–Crippen MR) is 110 cm³/mol. The van der Waals surface area contributed by atoms with Gasteiger partial charge in [0.2, 0.25) is 0 Å². The van der Waals surface area contributed by atoms with Crippen molar-refractivity contribution in [3.63, 3.8) is 0 Å². The Morgan fingerprint density at radius 3 is 0.917 bits per heavy atom. The maximum absolute atomic E-state index is 2.30. The van der Waals surface area contributed by atoms with Crippen LogP contribution in [0.5, 0.6) is 0 Å². The van der Waals surface area contributed by atoms with Crippen LogP contribution in [0, 0.1) is 0 Å². The second kappa shape index (κ2) is 26.1. The van der Waals surface area contributed by atoms with E-state index in [1.54, 1.807) is 10.6 Å². The molecule has 0 radical (unpaired) electrons. The maximum Gasteiger partial charge on any atom is -1.00 e. The Labute approximate surface area is 167 Å². The third kappa shape index (κ3) is 25.1. The first kappa shape index (κ1) is 27.0. The molecule has 0 rings (SSSR count). The molecule has 0 aromatic rings. The molecule has 0 N–H and O–H groups in total. The van der Waals surface area contributed by atoms with Gasteiger partial charge in [0.05, 0.1) is 0 Å². The zero-order chi connectivity index (χ0) is 16.8. The molecule has 0 unspecified atom stereocenters. The molecule has 24 heavy (non-hydrogen) atoms. The van der Waals surface area contributed by atoms with Crippen LogP contribution in [0.3, 0.4) is 0 Å². The van der Waals surface area contributed by atoms with E-state index in [1.165, 1.54) is 116 Å². The molecule has 0 heterocycles. The van der Waals surface area contributed by atoms with Crippen molar-refractivity contribution in [3.8, 4) is 0 Å². The van der Waals surface area contributed by atoms with Crippen molar-refractivity contribution in [1.29, 1.82) is 0 Å². The Morgan fingerprint density at radius 2 is 0.625 bits per heavy atom. The first-order valence-electron chi connectivity index (χ1n) is 11.2. The summed E-state index contributed by atoms with van der Waals surface area (Å²) >= 11 is 0.783. The average molecular weight is 373 g/mol. The van der Waals surface area contributed by atoms with E-state index in [2.05, 4.69) is 13.8 Å². The summed E-state index contributed by atoms with van der Waals surface area (Å²) in [4.78, 5) is 0. The van der Waals surface area contributed by atoms with E-state index in [9.17, 15) is 0 Å². The predicted octanol–water partition coefficient (Wildman–Crippen LogP) is 5.59. The van der Waals surface area contributed by atoms with Crippen LogP contribution in [-0.4, -0.2) is 15.2 Å². The molecule has 0 fully saturated rings. The molecule has 0 spiro atoms. The van der Waals surface area contributed by atoms with Gasteiger partial charge in [-0.25, -0.2) is 0 Å². The molecular weight excluding hydrogens is 327 g/mol. The normalized spacial score (nSPS) is 10.4. The molecular formula is C22H46AlCl. The van der Waals surface area contributed by atoms with Crippen LogP contribution in [0.2, 0.25) is 10.6 Å². The van der Waals surface area contributed by atoms with Crippen molar-refractivity contribution in [3.05, 3.63) is 0 Å². The SMILES string of the molecule is CCCCCCCCCC[CH2][Al+][CH2]CCCCCCCCCC.[Cl-]. The molecule has 0 aliphatic heterocycles. The summed E-state index contributed by atoms with van der Waals surface area (Å²) in [7, 11) is 0. The molecule has 0 aromatic carbocycles. The summed E-state index contributed by atoms with van der Waals surface area (Å²) in [6.45, 7) is 4.61. The van der Waals surface area contributed by atoms with Crippen molar-refractivity contribution >= 4 is 15.2 Å². The van der Waals surface area contributed by atoms with Crippen LogP contribution in [-0.2, 0) is 0 Å². The van der Waals surface area contributed by atoms with Crippen molar-refractivity contribution in [1.82, 2.24) is 0 Å². The number of unbranched alkanes of at least 4 members (excludes halogenated alkanes) is 16. The standard InChI is InChI=1S/2C11H23.Al.ClH/c2*1-3-5-7-9-11-10-8-6-4-2;;/h2*1,3-11H2,2H3;;1H/q;;+1;/p-1. The molecule has 0 amide bonds. The largest absolute Gasteiger partial charge is 1.00 e. The summed E-state index contributed by atoms with van der Waals surface area (Å²) in [5, 5.41) is 3.15. The summed E-state index contributed by atoms with van der Waals surface area (Å²) in [5.41, 5.74) is 0. The van der Waals surface area contributed by atoms with Crippen molar-refractivity contribution in [2.45, 2.75) is 140 Å². The van der Waals surface area contributed by atoms with E-state index in [4.69, 9.17) is 0 Å². The molecule has 0 atom stereocenters. The number of hydrogen-bond acceptors (Lipinski definition) is 0. The van der Waals surface area contributed by atoms with Gasteiger partial charge in [-0.3, -0.25) is 0 Å². The van der Waals surface area contributed by atoms with Crippen LogP contribution >= 0.6 is 0 Å². The topological polar surface area (TPSA) is 0 Å². The van der Waals surface area contributed by atoms with Crippen LogP contribution in [0.25, 0.3) is 0 Å². The van der Waals surface area contributed by atoms with Crippen LogP contribution < -0.4 is 12.4 Å². The molecule has 0 saturated carbocycles. The van der Waals surface area contributed by atoms with Gasteiger partial charge >= 0.3 is 155 Å². The Morgan fingerprint density at radius 1 is 0.375 bits per heavy atom. The van der Waals surface area contributed by atoms with E-state index in [0.717, 1.165) is 15.2 Å². The molecule has 0 saturated heterocycles. The second-order valence-electron chi connectivity index (χ2n) is 7.52. The van der Waals surface area contributed by atoms with Crippen molar-refractivity contribution in [2.24, 2.45) is 0 Å². The summed E-state index contributed by atoms with van der Waals surface area (Å²) in [5.74, 6) is 0. The van der Waals surface area contributed by atoms with Gasteiger partial charge in [-0.05, 0) is 0 Å². The fourth-order valence-electron chi connectivity index (χ4n) is 3.34. The molecule has 2 heteroatoms. The molecule has 0 aliphatic rings. The zero-order valence-electron chi connectivity index (χ0n) is 17.1. The maximum atomic E-state index is 2.30. The van der Waals surface area contributed by atoms with E-state index in [-0.39, 0.29) is 12.4 Å². The Hall–Kier alpha value is 0.822. The fourth-order valence-corrected chi connectivity index (χ4v) is 4.79. The molecule has 0 aliphatic carbocycles. The van der Waals surface area contributed by atoms with E-state index < -0.39 is 0 Å². The second-order valence-corrected chi connectivity index (χ2v) is 9.25. The van der Waals surface area contributed by atoms with Gasteiger partial charge in [-0.1, -0.05) is 0 Å². The van der Waals surface area contributed by atoms with Gasteiger partial charge in [0.15, 0.2) is 0 Å². The van der Waals surface area contributed by atoms with Crippen LogP contribution in [0.15, 0.2) is 0 Å². The minimum absolute atomic E-state index is 0. The zero-order valence-corrected chi connectivity index (χ0v) is 19.0. The summed E-state index contributed by atoms with van der Waals surface area (Å²) < 4.78 is 0. The van der Waals surface area contributed by atoms with Gasteiger partial charge in [0.1, 0.15) is 0 Å². The minimum Gasteiger partial charge on any atom is -1.00 e.